The first kappa shape index (κ1) is 22.9. The summed E-state index contributed by atoms with van der Waals surface area (Å²) in [4.78, 5) is 44.1. The summed E-state index contributed by atoms with van der Waals surface area (Å²) in [5, 5.41) is 0. The van der Waals surface area contributed by atoms with Gasteiger partial charge in [0.2, 0.25) is 5.91 Å². The molecule has 0 spiro atoms. The molecule has 0 bridgehead atoms. The van der Waals surface area contributed by atoms with E-state index in [1.54, 1.807) is 9.80 Å². The van der Waals surface area contributed by atoms with Gasteiger partial charge in [0.15, 0.2) is 0 Å². The number of aromatic amines is 1. The minimum absolute atomic E-state index is 0.0352. The van der Waals surface area contributed by atoms with Gasteiger partial charge in [-0.1, -0.05) is 48.5 Å². The van der Waals surface area contributed by atoms with E-state index in [0.717, 1.165) is 11.3 Å². The number of rotatable bonds is 8. The van der Waals surface area contributed by atoms with E-state index in [-0.39, 0.29) is 36.5 Å². The van der Waals surface area contributed by atoms with Crippen molar-refractivity contribution in [2.24, 2.45) is 0 Å². The van der Waals surface area contributed by atoms with Crippen molar-refractivity contribution in [1.82, 2.24) is 9.55 Å². The highest BCUT2D eigenvalue weighted by molar-refractivity contribution is 5.97. The lowest BCUT2D eigenvalue weighted by Gasteiger charge is -2.31. The zero-order chi connectivity index (χ0) is 23.3. The first-order valence-corrected chi connectivity index (χ1v) is 10.6. The third-order valence-electron chi connectivity index (χ3n) is 5.24. The lowest BCUT2D eigenvalue weighted by Crippen LogP contribution is -2.46. The van der Waals surface area contributed by atoms with Crippen LogP contribution in [0.5, 0.6) is 0 Å². The van der Waals surface area contributed by atoms with Crippen LogP contribution in [0, 0.1) is 0 Å². The summed E-state index contributed by atoms with van der Waals surface area (Å²) in [6, 6.07) is 18.7. The molecular formula is C24H29N5O3. The summed E-state index contributed by atoms with van der Waals surface area (Å²) in [6.45, 7) is 6.22. The number of nitrogens with two attached hydrogens (primary N) is 1. The topological polar surface area (TPSA) is 104 Å². The Kier molecular flexibility index (Phi) is 7.14. The minimum Gasteiger partial charge on any atom is -0.383 e. The maximum atomic E-state index is 13.3. The molecule has 8 heteroatoms. The second-order valence-electron chi connectivity index (χ2n) is 7.77. The molecule has 1 heterocycles. The Hall–Kier alpha value is -3.81. The first-order valence-electron chi connectivity index (χ1n) is 10.6. The Labute approximate surface area is 186 Å². The Bertz CT molecular complexity index is 1170. The number of amides is 1. The van der Waals surface area contributed by atoms with Gasteiger partial charge in [0.1, 0.15) is 11.5 Å². The molecule has 1 amide bonds. The summed E-state index contributed by atoms with van der Waals surface area (Å²) in [5.74, 6) is -0.138. The molecule has 0 aliphatic heterocycles. The van der Waals surface area contributed by atoms with Crippen molar-refractivity contribution in [3.63, 3.8) is 0 Å². The number of aromatic nitrogens is 2. The largest absolute Gasteiger partial charge is 0.383 e. The highest BCUT2D eigenvalue weighted by Crippen LogP contribution is 2.20. The van der Waals surface area contributed by atoms with Crippen molar-refractivity contribution in [1.29, 1.82) is 0 Å². The third kappa shape index (κ3) is 4.91. The highest BCUT2D eigenvalue weighted by atomic mass is 16.2. The van der Waals surface area contributed by atoms with E-state index in [4.69, 9.17) is 5.73 Å². The van der Waals surface area contributed by atoms with Gasteiger partial charge in [0.25, 0.3) is 5.56 Å². The van der Waals surface area contributed by atoms with E-state index >= 15 is 0 Å². The highest BCUT2D eigenvalue weighted by Gasteiger charge is 2.25. The van der Waals surface area contributed by atoms with E-state index in [1.165, 1.54) is 4.57 Å². The average molecular weight is 436 g/mol. The van der Waals surface area contributed by atoms with Crippen LogP contribution in [0.4, 0.5) is 17.2 Å². The first-order chi connectivity index (χ1) is 15.3. The van der Waals surface area contributed by atoms with Gasteiger partial charge in [-0.05, 0) is 38.5 Å². The Morgan fingerprint density at radius 3 is 2.19 bits per heavy atom. The number of carbonyl (C=O) groups is 1. The molecule has 2 aromatic carbocycles. The van der Waals surface area contributed by atoms with Crippen LogP contribution in [0.3, 0.4) is 0 Å². The SMILES string of the molecule is CCN(CC(=O)N(c1ccccc1)C(C)C)c1c(N)n(Cc2ccccc2)c(=O)[nH]c1=O. The van der Waals surface area contributed by atoms with Gasteiger partial charge in [0.05, 0.1) is 13.1 Å². The molecule has 168 valence electrons. The normalized spacial score (nSPS) is 10.9. The molecular weight excluding hydrogens is 406 g/mol. The summed E-state index contributed by atoms with van der Waals surface area (Å²) in [6.07, 6.45) is 0. The number of nitrogens with one attached hydrogen (secondary N) is 1. The van der Waals surface area contributed by atoms with Crippen molar-refractivity contribution in [2.45, 2.75) is 33.4 Å². The summed E-state index contributed by atoms with van der Waals surface area (Å²) in [7, 11) is 0. The average Bonchev–Trinajstić information content (AvgIpc) is 2.77. The molecule has 0 aliphatic carbocycles. The van der Waals surface area contributed by atoms with Crippen LogP contribution >= 0.6 is 0 Å². The fraction of sp³-hybridized carbons (Fsp3) is 0.292. The second-order valence-corrected chi connectivity index (χ2v) is 7.77. The summed E-state index contributed by atoms with van der Waals surface area (Å²) in [5.41, 5.74) is 6.88. The van der Waals surface area contributed by atoms with Gasteiger partial charge in [-0.2, -0.15) is 0 Å². The quantitative estimate of drug-likeness (QED) is 0.566. The Balaban J connectivity index is 1.96. The molecule has 3 N–H and O–H groups in total. The van der Waals surface area contributed by atoms with Gasteiger partial charge in [-0.3, -0.25) is 19.1 Å². The molecule has 3 rings (SSSR count). The number of nitrogens with zero attached hydrogens (tertiary/aromatic N) is 3. The predicted octanol–water partition coefficient (Wildman–Crippen LogP) is 2.44. The monoisotopic (exact) mass is 435 g/mol. The molecule has 0 atom stereocenters. The number of carbonyl (C=O) groups excluding carboxylic acids is 1. The predicted molar refractivity (Wildman–Crippen MR) is 128 cm³/mol. The summed E-state index contributed by atoms with van der Waals surface area (Å²) >= 11 is 0. The zero-order valence-corrected chi connectivity index (χ0v) is 18.6. The number of benzene rings is 2. The van der Waals surface area contributed by atoms with Crippen LogP contribution in [0.15, 0.2) is 70.3 Å². The van der Waals surface area contributed by atoms with Crippen LogP contribution < -0.4 is 26.8 Å². The fourth-order valence-corrected chi connectivity index (χ4v) is 3.71. The van der Waals surface area contributed by atoms with Crippen molar-refractivity contribution >= 4 is 23.1 Å². The van der Waals surface area contributed by atoms with Gasteiger partial charge in [0, 0.05) is 18.3 Å². The molecule has 0 saturated carbocycles. The van der Waals surface area contributed by atoms with Crippen molar-refractivity contribution in [2.75, 3.05) is 28.6 Å². The van der Waals surface area contributed by atoms with Crippen LogP contribution in [-0.2, 0) is 11.3 Å². The molecule has 0 radical (unpaired) electrons. The molecule has 8 nitrogen and oxygen atoms in total. The van der Waals surface area contributed by atoms with E-state index in [1.807, 2.05) is 81.4 Å². The van der Waals surface area contributed by atoms with Gasteiger partial charge in [-0.15, -0.1) is 0 Å². The lowest BCUT2D eigenvalue weighted by atomic mass is 10.2. The molecule has 0 fully saturated rings. The van der Waals surface area contributed by atoms with Crippen molar-refractivity contribution < 1.29 is 4.79 Å². The molecule has 0 unspecified atom stereocenters. The number of para-hydroxylation sites is 1. The Morgan fingerprint density at radius 1 is 1.03 bits per heavy atom. The number of hydrogen-bond donors (Lipinski definition) is 2. The van der Waals surface area contributed by atoms with Crippen LogP contribution in [-0.4, -0.2) is 34.6 Å². The maximum absolute atomic E-state index is 13.3. The molecule has 0 saturated heterocycles. The number of likely N-dealkylation sites (N-methyl/N-ethyl adjacent to an activating group) is 1. The fourth-order valence-electron chi connectivity index (χ4n) is 3.71. The standard InChI is InChI=1S/C24H29N5O3/c1-4-27(16-20(30)29(17(2)3)19-13-9-6-10-14-19)21-22(25)28(24(32)26-23(21)31)15-18-11-7-5-8-12-18/h5-14,17H,4,15-16,25H2,1-3H3,(H,26,31,32). The molecule has 3 aromatic rings. The van der Waals surface area contributed by atoms with Crippen molar-refractivity contribution in [3.05, 3.63) is 87.1 Å². The number of H-pyrrole nitrogens is 1. The van der Waals surface area contributed by atoms with E-state index in [0.29, 0.717) is 6.54 Å². The van der Waals surface area contributed by atoms with Crippen LogP contribution in [0.25, 0.3) is 0 Å². The summed E-state index contributed by atoms with van der Waals surface area (Å²) < 4.78 is 1.32. The van der Waals surface area contributed by atoms with E-state index < -0.39 is 11.2 Å². The lowest BCUT2D eigenvalue weighted by molar-refractivity contribution is -0.117. The molecule has 0 aliphatic rings. The molecule has 32 heavy (non-hydrogen) atoms. The number of hydrogen-bond acceptors (Lipinski definition) is 5. The van der Waals surface area contributed by atoms with Gasteiger partial charge >= 0.3 is 5.69 Å². The minimum atomic E-state index is -0.609. The van der Waals surface area contributed by atoms with Gasteiger partial charge in [-0.25, -0.2) is 4.79 Å². The van der Waals surface area contributed by atoms with Crippen LogP contribution in [0.1, 0.15) is 26.3 Å². The molecule has 1 aromatic heterocycles. The third-order valence-corrected chi connectivity index (χ3v) is 5.24. The van der Waals surface area contributed by atoms with Crippen LogP contribution in [0.2, 0.25) is 0 Å². The van der Waals surface area contributed by atoms with E-state index in [2.05, 4.69) is 4.98 Å². The smallest absolute Gasteiger partial charge is 0.330 e. The van der Waals surface area contributed by atoms with Crippen molar-refractivity contribution in [3.8, 4) is 0 Å². The Morgan fingerprint density at radius 2 is 1.62 bits per heavy atom. The van der Waals surface area contributed by atoms with E-state index in [9.17, 15) is 14.4 Å². The number of anilines is 3. The zero-order valence-electron chi connectivity index (χ0n) is 18.6. The number of nitrogen functional groups attached to an aromatic ring is 1. The maximum Gasteiger partial charge on any atom is 0.330 e. The van der Waals surface area contributed by atoms with Gasteiger partial charge < -0.3 is 15.5 Å². The second kappa shape index (κ2) is 10.00.